The molecule has 0 aliphatic heterocycles. The van der Waals surface area contributed by atoms with E-state index in [0.29, 0.717) is 16.9 Å². The molecule has 0 unspecified atom stereocenters. The van der Waals surface area contributed by atoms with Crippen molar-refractivity contribution in [3.05, 3.63) is 83.9 Å². The Morgan fingerprint density at radius 1 is 0.615 bits per heavy atom. The summed E-state index contributed by atoms with van der Waals surface area (Å²) in [4.78, 5) is 25.4. The highest BCUT2D eigenvalue weighted by atomic mass is 16.4. The monoisotopic (exact) mass is 349 g/mol. The molecular weight excluding hydrogens is 334 g/mol. The van der Waals surface area contributed by atoms with Crippen molar-refractivity contribution >= 4 is 23.3 Å². The average Bonchev–Trinajstić information content (AvgIpc) is 2.65. The molecule has 0 spiro atoms. The summed E-state index contributed by atoms with van der Waals surface area (Å²) in [5.74, 6) is -1.31. The SMILES string of the molecule is O=C(O)c1ccc(C(=O)N(c2ccc(O)cc2)c2ccc(O)cc2)cc1. The van der Waals surface area contributed by atoms with Crippen LogP contribution in [0.3, 0.4) is 0 Å². The maximum absolute atomic E-state index is 13.1. The van der Waals surface area contributed by atoms with Crippen LogP contribution in [0.1, 0.15) is 20.7 Å². The van der Waals surface area contributed by atoms with Gasteiger partial charge in [0, 0.05) is 16.9 Å². The second kappa shape index (κ2) is 6.98. The average molecular weight is 349 g/mol. The first kappa shape index (κ1) is 17.0. The number of aromatic hydroxyl groups is 2. The van der Waals surface area contributed by atoms with Crippen LogP contribution in [0.15, 0.2) is 72.8 Å². The second-order valence-corrected chi connectivity index (χ2v) is 5.56. The summed E-state index contributed by atoms with van der Waals surface area (Å²) < 4.78 is 0. The fourth-order valence-corrected chi connectivity index (χ4v) is 2.47. The lowest BCUT2D eigenvalue weighted by Crippen LogP contribution is -2.25. The summed E-state index contributed by atoms with van der Waals surface area (Å²) in [6, 6.07) is 17.8. The van der Waals surface area contributed by atoms with Crippen LogP contribution in [0.25, 0.3) is 0 Å². The van der Waals surface area contributed by atoms with Gasteiger partial charge in [-0.2, -0.15) is 0 Å². The molecule has 0 saturated heterocycles. The molecule has 0 atom stereocenters. The number of hydrogen-bond donors (Lipinski definition) is 3. The summed E-state index contributed by atoms with van der Waals surface area (Å²) in [6.07, 6.45) is 0. The van der Waals surface area contributed by atoms with E-state index >= 15 is 0 Å². The Bertz CT molecular complexity index is 886. The van der Waals surface area contributed by atoms with Crippen molar-refractivity contribution in [1.29, 1.82) is 0 Å². The van der Waals surface area contributed by atoms with Gasteiger partial charge < -0.3 is 15.3 Å². The molecule has 0 saturated carbocycles. The van der Waals surface area contributed by atoms with Crippen molar-refractivity contribution in [3.63, 3.8) is 0 Å². The molecule has 3 rings (SSSR count). The number of carboxylic acids is 1. The first-order chi connectivity index (χ1) is 12.5. The minimum Gasteiger partial charge on any atom is -0.508 e. The zero-order valence-electron chi connectivity index (χ0n) is 13.5. The Kier molecular flexibility index (Phi) is 4.57. The maximum atomic E-state index is 13.1. The summed E-state index contributed by atoms with van der Waals surface area (Å²) in [6.45, 7) is 0. The predicted molar refractivity (Wildman–Crippen MR) is 96.1 cm³/mol. The number of phenolic OH excluding ortho intramolecular Hbond substituents is 2. The van der Waals surface area contributed by atoms with E-state index in [9.17, 15) is 19.8 Å². The summed E-state index contributed by atoms with van der Waals surface area (Å²) in [5, 5.41) is 28.0. The molecule has 6 heteroatoms. The smallest absolute Gasteiger partial charge is 0.335 e. The number of hydrogen-bond acceptors (Lipinski definition) is 4. The third-order valence-corrected chi connectivity index (χ3v) is 3.80. The van der Waals surface area contributed by atoms with Crippen molar-refractivity contribution in [3.8, 4) is 11.5 Å². The van der Waals surface area contributed by atoms with Gasteiger partial charge in [0.15, 0.2) is 0 Å². The van der Waals surface area contributed by atoms with E-state index in [1.807, 2.05) is 0 Å². The third kappa shape index (κ3) is 3.49. The van der Waals surface area contributed by atoms with E-state index < -0.39 is 5.97 Å². The number of phenols is 2. The van der Waals surface area contributed by atoms with Crippen molar-refractivity contribution in [2.24, 2.45) is 0 Å². The molecule has 0 bridgehead atoms. The normalized spacial score (nSPS) is 10.3. The molecule has 26 heavy (non-hydrogen) atoms. The van der Waals surface area contributed by atoms with E-state index in [1.54, 1.807) is 24.3 Å². The minimum absolute atomic E-state index is 0.0673. The van der Waals surface area contributed by atoms with Gasteiger partial charge in [-0.25, -0.2) is 4.79 Å². The molecule has 0 aromatic heterocycles. The highest BCUT2D eigenvalue weighted by Gasteiger charge is 2.20. The van der Waals surface area contributed by atoms with Crippen LogP contribution in [0.4, 0.5) is 11.4 Å². The van der Waals surface area contributed by atoms with Gasteiger partial charge in [-0.15, -0.1) is 0 Å². The second-order valence-electron chi connectivity index (χ2n) is 5.56. The Morgan fingerprint density at radius 3 is 1.38 bits per heavy atom. The Labute approximate surface area is 149 Å². The zero-order chi connectivity index (χ0) is 18.7. The number of anilines is 2. The molecule has 0 heterocycles. The van der Waals surface area contributed by atoms with Crippen molar-refractivity contribution < 1.29 is 24.9 Å². The van der Waals surface area contributed by atoms with Gasteiger partial charge in [0.2, 0.25) is 0 Å². The minimum atomic E-state index is -1.07. The number of carboxylic acid groups (broad SMARTS) is 1. The third-order valence-electron chi connectivity index (χ3n) is 3.80. The van der Waals surface area contributed by atoms with Gasteiger partial charge in [0.25, 0.3) is 5.91 Å². The van der Waals surface area contributed by atoms with Crippen molar-refractivity contribution in [2.45, 2.75) is 0 Å². The Balaban J connectivity index is 2.04. The Morgan fingerprint density at radius 2 is 1.00 bits per heavy atom. The lowest BCUT2D eigenvalue weighted by atomic mass is 10.1. The van der Waals surface area contributed by atoms with E-state index in [4.69, 9.17) is 5.11 Å². The van der Waals surface area contributed by atoms with E-state index in [1.165, 1.54) is 53.4 Å². The molecule has 0 aliphatic rings. The molecule has 6 nitrogen and oxygen atoms in total. The molecule has 130 valence electrons. The van der Waals surface area contributed by atoms with E-state index in [0.717, 1.165) is 0 Å². The lowest BCUT2D eigenvalue weighted by molar-refractivity contribution is 0.0696. The number of nitrogens with zero attached hydrogens (tertiary/aromatic N) is 1. The predicted octanol–water partition coefficient (Wildman–Crippen LogP) is 3.77. The summed E-state index contributed by atoms with van der Waals surface area (Å²) in [7, 11) is 0. The van der Waals surface area contributed by atoms with Gasteiger partial charge in [0.05, 0.1) is 5.56 Å². The van der Waals surface area contributed by atoms with Crippen LogP contribution >= 0.6 is 0 Å². The number of amides is 1. The van der Waals surface area contributed by atoms with Crippen molar-refractivity contribution in [2.75, 3.05) is 4.90 Å². The molecule has 3 aromatic rings. The van der Waals surface area contributed by atoms with Crippen LogP contribution < -0.4 is 4.90 Å². The van der Waals surface area contributed by atoms with E-state index in [2.05, 4.69) is 0 Å². The van der Waals surface area contributed by atoms with Crippen molar-refractivity contribution in [1.82, 2.24) is 0 Å². The number of aromatic carboxylic acids is 1. The van der Waals surface area contributed by atoms with Crippen LogP contribution in [-0.2, 0) is 0 Å². The molecule has 0 aliphatic carbocycles. The fourth-order valence-electron chi connectivity index (χ4n) is 2.47. The molecule has 3 N–H and O–H groups in total. The number of rotatable bonds is 4. The van der Waals surface area contributed by atoms with Gasteiger partial charge in [-0.05, 0) is 72.8 Å². The van der Waals surface area contributed by atoms with Crippen LogP contribution in [-0.4, -0.2) is 27.2 Å². The summed E-state index contributed by atoms with van der Waals surface area (Å²) >= 11 is 0. The number of carbonyl (C=O) groups is 2. The number of carbonyl (C=O) groups excluding carboxylic acids is 1. The van der Waals surface area contributed by atoms with Gasteiger partial charge >= 0.3 is 5.97 Å². The quantitative estimate of drug-likeness (QED) is 0.666. The van der Waals surface area contributed by atoms with Gasteiger partial charge in [0.1, 0.15) is 11.5 Å². The van der Waals surface area contributed by atoms with E-state index in [-0.39, 0.29) is 23.0 Å². The number of benzene rings is 3. The fraction of sp³-hybridized carbons (Fsp3) is 0. The molecule has 0 fully saturated rings. The van der Waals surface area contributed by atoms with Gasteiger partial charge in [-0.3, -0.25) is 9.69 Å². The Hall–Kier alpha value is -3.80. The summed E-state index contributed by atoms with van der Waals surface area (Å²) in [5.41, 5.74) is 1.42. The topological polar surface area (TPSA) is 98.1 Å². The van der Waals surface area contributed by atoms with Gasteiger partial charge in [-0.1, -0.05) is 0 Å². The van der Waals surface area contributed by atoms with Crippen LogP contribution in [0.2, 0.25) is 0 Å². The lowest BCUT2D eigenvalue weighted by Gasteiger charge is -2.23. The maximum Gasteiger partial charge on any atom is 0.335 e. The highest BCUT2D eigenvalue weighted by Crippen LogP contribution is 2.30. The van der Waals surface area contributed by atoms with Crippen LogP contribution in [0.5, 0.6) is 11.5 Å². The largest absolute Gasteiger partial charge is 0.508 e. The first-order valence-corrected chi connectivity index (χ1v) is 7.71. The molecule has 0 radical (unpaired) electrons. The molecular formula is C20H15NO5. The van der Waals surface area contributed by atoms with Crippen LogP contribution in [0, 0.1) is 0 Å². The highest BCUT2D eigenvalue weighted by molar-refractivity contribution is 6.11. The first-order valence-electron chi connectivity index (χ1n) is 7.71. The zero-order valence-corrected chi connectivity index (χ0v) is 13.5. The molecule has 1 amide bonds. The molecule has 3 aromatic carbocycles. The standard InChI is InChI=1S/C20H15NO5/c22-17-9-5-15(6-10-17)21(16-7-11-18(23)12-8-16)19(24)13-1-3-14(4-2-13)20(25)26/h1-12,22-23H,(H,25,26).